The second-order valence-corrected chi connectivity index (χ2v) is 8.76. The molecule has 0 saturated carbocycles. The Morgan fingerprint density at radius 3 is 2.63 bits per heavy atom. The van der Waals surface area contributed by atoms with E-state index in [9.17, 15) is 0 Å². The van der Waals surface area contributed by atoms with Crippen LogP contribution in [0.4, 0.5) is 0 Å². The molecule has 1 aliphatic heterocycles. The number of aromatic nitrogens is 1. The number of likely N-dealkylation sites (tertiary alicyclic amines) is 1. The monoisotopic (exact) mass is 407 g/mol. The third-order valence-corrected chi connectivity index (χ3v) is 6.21. The van der Waals surface area contributed by atoms with E-state index in [0.717, 1.165) is 38.4 Å². The molecule has 0 bridgehead atoms. The van der Waals surface area contributed by atoms with Gasteiger partial charge in [-0.15, -0.1) is 0 Å². The number of nitrogens with one attached hydrogen (secondary N) is 2. The fourth-order valence-electron chi connectivity index (χ4n) is 4.33. The van der Waals surface area contributed by atoms with Crippen molar-refractivity contribution < 1.29 is 0 Å². The van der Waals surface area contributed by atoms with E-state index in [2.05, 4.69) is 82.7 Å². The van der Waals surface area contributed by atoms with Crippen molar-refractivity contribution in [2.75, 3.05) is 20.1 Å². The molecule has 0 amide bonds. The number of guanidine groups is 1. The number of hydrogen-bond donors (Lipinski definition) is 2. The average molecular weight is 408 g/mol. The van der Waals surface area contributed by atoms with Crippen molar-refractivity contribution in [2.24, 2.45) is 10.9 Å². The number of benzene rings is 1. The van der Waals surface area contributed by atoms with E-state index >= 15 is 0 Å². The Hall–Kier alpha value is -2.40. The average Bonchev–Trinajstić information content (AvgIpc) is 2.76. The Kier molecular flexibility index (Phi) is 8.26. The minimum absolute atomic E-state index is 0.406. The molecule has 1 aliphatic rings. The van der Waals surface area contributed by atoms with Gasteiger partial charge in [0.2, 0.25) is 0 Å². The number of piperidine rings is 1. The molecule has 2 heterocycles. The molecule has 1 aromatic carbocycles. The minimum atomic E-state index is 0.406. The highest BCUT2D eigenvalue weighted by Crippen LogP contribution is 2.23. The molecule has 5 nitrogen and oxygen atoms in total. The summed E-state index contributed by atoms with van der Waals surface area (Å²) in [4.78, 5) is 11.4. The number of nitrogens with zero attached hydrogens (tertiary/aromatic N) is 3. The third-order valence-electron chi connectivity index (χ3n) is 6.21. The summed E-state index contributed by atoms with van der Waals surface area (Å²) in [5.41, 5.74) is 2.67. The molecule has 1 aromatic heterocycles. The standard InChI is InChI=1S/C25H37N5/c1-19(2)24(22-11-8-13-27-16-22)17-28-25(26-4)29-23-12-14-30(20(3)15-23)18-21-9-6-5-7-10-21/h5-11,13,16,19-20,23-24H,12,14-15,17-18H2,1-4H3,(H2,26,28,29). The SMILES string of the molecule is CN=C(NCC(c1cccnc1)C(C)C)NC1CCN(Cc2ccccc2)C(C)C1. The first-order chi connectivity index (χ1) is 14.6. The molecule has 162 valence electrons. The molecule has 2 aromatic rings. The Morgan fingerprint density at radius 2 is 2.00 bits per heavy atom. The number of rotatable bonds is 7. The van der Waals surface area contributed by atoms with Gasteiger partial charge in [0.1, 0.15) is 0 Å². The zero-order valence-electron chi connectivity index (χ0n) is 18.9. The van der Waals surface area contributed by atoms with E-state index < -0.39 is 0 Å². The predicted octanol–water partition coefficient (Wildman–Crippen LogP) is 4.04. The third kappa shape index (κ3) is 6.30. The second-order valence-electron chi connectivity index (χ2n) is 8.76. The molecule has 30 heavy (non-hydrogen) atoms. The predicted molar refractivity (Wildman–Crippen MR) is 126 cm³/mol. The molecule has 1 saturated heterocycles. The molecule has 1 fully saturated rings. The summed E-state index contributed by atoms with van der Waals surface area (Å²) in [5.74, 6) is 1.84. The Morgan fingerprint density at radius 1 is 1.20 bits per heavy atom. The molecule has 2 N–H and O–H groups in total. The normalized spacial score (nSPS) is 21.4. The Bertz CT molecular complexity index is 775. The summed E-state index contributed by atoms with van der Waals surface area (Å²) >= 11 is 0. The maximum atomic E-state index is 4.48. The first-order valence-corrected chi connectivity index (χ1v) is 11.2. The molecular formula is C25H37N5. The van der Waals surface area contributed by atoms with Crippen molar-refractivity contribution in [1.82, 2.24) is 20.5 Å². The highest BCUT2D eigenvalue weighted by Gasteiger charge is 2.26. The summed E-state index contributed by atoms with van der Waals surface area (Å²) in [7, 11) is 1.86. The second kappa shape index (κ2) is 11.1. The number of hydrogen-bond acceptors (Lipinski definition) is 3. The molecule has 3 rings (SSSR count). The van der Waals surface area contributed by atoms with Gasteiger partial charge in [0.25, 0.3) is 0 Å². The molecule has 0 radical (unpaired) electrons. The summed E-state index contributed by atoms with van der Waals surface area (Å²) in [6.45, 7) is 9.85. The summed E-state index contributed by atoms with van der Waals surface area (Å²) in [6.07, 6.45) is 6.07. The van der Waals surface area contributed by atoms with Gasteiger partial charge >= 0.3 is 0 Å². The van der Waals surface area contributed by atoms with Crippen LogP contribution in [-0.2, 0) is 6.54 Å². The van der Waals surface area contributed by atoms with Crippen molar-refractivity contribution in [3.8, 4) is 0 Å². The number of pyridine rings is 1. The largest absolute Gasteiger partial charge is 0.356 e. The van der Waals surface area contributed by atoms with Crippen molar-refractivity contribution in [1.29, 1.82) is 0 Å². The first-order valence-electron chi connectivity index (χ1n) is 11.2. The summed E-state index contributed by atoms with van der Waals surface area (Å²) < 4.78 is 0. The van der Waals surface area contributed by atoms with Crippen LogP contribution in [0, 0.1) is 5.92 Å². The van der Waals surface area contributed by atoms with Gasteiger partial charge in [-0.25, -0.2) is 0 Å². The van der Waals surface area contributed by atoms with Crippen molar-refractivity contribution in [3.05, 3.63) is 66.0 Å². The van der Waals surface area contributed by atoms with E-state index in [1.165, 1.54) is 11.1 Å². The van der Waals surface area contributed by atoms with Crippen LogP contribution in [0.5, 0.6) is 0 Å². The lowest BCUT2D eigenvalue weighted by atomic mass is 9.89. The highest BCUT2D eigenvalue weighted by atomic mass is 15.2. The first kappa shape index (κ1) is 22.3. The van der Waals surface area contributed by atoms with Gasteiger partial charge in [0, 0.05) is 57.1 Å². The zero-order valence-corrected chi connectivity index (χ0v) is 18.9. The number of aliphatic imine (C=N–C) groups is 1. The molecular weight excluding hydrogens is 370 g/mol. The van der Waals surface area contributed by atoms with Crippen LogP contribution in [0.1, 0.15) is 50.7 Å². The minimum Gasteiger partial charge on any atom is -0.356 e. The topological polar surface area (TPSA) is 52.6 Å². The smallest absolute Gasteiger partial charge is 0.191 e. The van der Waals surface area contributed by atoms with Gasteiger partial charge in [-0.05, 0) is 42.9 Å². The van der Waals surface area contributed by atoms with E-state index in [4.69, 9.17) is 0 Å². The molecule has 5 heteroatoms. The molecule has 3 unspecified atom stereocenters. The van der Waals surface area contributed by atoms with E-state index in [-0.39, 0.29) is 0 Å². The summed E-state index contributed by atoms with van der Waals surface area (Å²) in [5, 5.41) is 7.22. The van der Waals surface area contributed by atoms with Crippen LogP contribution in [0.3, 0.4) is 0 Å². The van der Waals surface area contributed by atoms with Gasteiger partial charge in [-0.1, -0.05) is 50.2 Å². The van der Waals surface area contributed by atoms with E-state index in [1.807, 2.05) is 25.5 Å². The van der Waals surface area contributed by atoms with Crippen LogP contribution in [0.2, 0.25) is 0 Å². The molecule has 3 atom stereocenters. The van der Waals surface area contributed by atoms with Gasteiger partial charge < -0.3 is 10.6 Å². The van der Waals surface area contributed by atoms with Crippen molar-refractivity contribution >= 4 is 5.96 Å². The lowest BCUT2D eigenvalue weighted by Gasteiger charge is -2.38. The van der Waals surface area contributed by atoms with Crippen molar-refractivity contribution in [3.63, 3.8) is 0 Å². The Labute approximate surface area is 182 Å². The molecule has 0 spiro atoms. The van der Waals surface area contributed by atoms with Gasteiger partial charge in [-0.2, -0.15) is 0 Å². The van der Waals surface area contributed by atoms with Crippen LogP contribution in [-0.4, -0.2) is 48.1 Å². The maximum Gasteiger partial charge on any atom is 0.191 e. The highest BCUT2D eigenvalue weighted by molar-refractivity contribution is 5.80. The maximum absolute atomic E-state index is 4.48. The Balaban J connectivity index is 1.50. The van der Waals surface area contributed by atoms with Crippen LogP contribution >= 0.6 is 0 Å². The zero-order chi connectivity index (χ0) is 21.3. The van der Waals surface area contributed by atoms with Gasteiger partial charge in [-0.3, -0.25) is 14.9 Å². The lowest BCUT2D eigenvalue weighted by molar-refractivity contribution is 0.134. The van der Waals surface area contributed by atoms with Gasteiger partial charge in [0.15, 0.2) is 5.96 Å². The fraction of sp³-hybridized carbons (Fsp3) is 0.520. The van der Waals surface area contributed by atoms with E-state index in [0.29, 0.717) is 23.9 Å². The van der Waals surface area contributed by atoms with Crippen molar-refractivity contribution in [2.45, 2.75) is 58.2 Å². The quantitative estimate of drug-likeness (QED) is 0.537. The van der Waals surface area contributed by atoms with Gasteiger partial charge in [0.05, 0.1) is 0 Å². The van der Waals surface area contributed by atoms with Crippen LogP contribution in [0.25, 0.3) is 0 Å². The van der Waals surface area contributed by atoms with Crippen LogP contribution in [0.15, 0.2) is 59.9 Å². The van der Waals surface area contributed by atoms with E-state index in [1.54, 1.807) is 0 Å². The summed E-state index contributed by atoms with van der Waals surface area (Å²) in [6, 6.07) is 16.0. The molecule has 0 aliphatic carbocycles. The van der Waals surface area contributed by atoms with Crippen LogP contribution < -0.4 is 10.6 Å². The lowest BCUT2D eigenvalue weighted by Crippen LogP contribution is -2.51. The fourth-order valence-corrected chi connectivity index (χ4v) is 4.33.